The molecule has 0 spiro atoms. The number of carbonyl (C=O) groups excluding carboxylic acids is 2. The topological polar surface area (TPSA) is 105 Å². The molecule has 3 aromatic rings. The van der Waals surface area contributed by atoms with Crippen LogP contribution in [-0.4, -0.2) is 58.5 Å². The van der Waals surface area contributed by atoms with Crippen LogP contribution in [-0.2, 0) is 26.2 Å². The third-order valence-electron chi connectivity index (χ3n) is 6.34. The van der Waals surface area contributed by atoms with E-state index in [4.69, 9.17) is 9.47 Å². The van der Waals surface area contributed by atoms with E-state index in [1.165, 1.54) is 73.7 Å². The number of hydrogen-bond acceptors (Lipinski definition) is 6. The zero-order valence-electron chi connectivity index (χ0n) is 23.3. The van der Waals surface area contributed by atoms with Crippen molar-refractivity contribution < 1.29 is 36.3 Å². The predicted molar refractivity (Wildman–Crippen MR) is 150 cm³/mol. The summed E-state index contributed by atoms with van der Waals surface area (Å²) in [6.45, 7) is 3.00. The Kier molecular flexibility index (Phi) is 10.6. The van der Waals surface area contributed by atoms with E-state index in [0.717, 1.165) is 16.4 Å². The number of rotatable bonds is 13. The average Bonchev–Trinajstić information content (AvgIpc) is 2.96. The van der Waals surface area contributed by atoms with E-state index in [-0.39, 0.29) is 29.3 Å². The Balaban J connectivity index is 2.09. The van der Waals surface area contributed by atoms with Gasteiger partial charge in [0.25, 0.3) is 10.0 Å². The number of carbonyl (C=O) groups is 2. The summed E-state index contributed by atoms with van der Waals surface area (Å²) in [7, 11) is -1.65. The molecule has 1 atom stereocenters. The molecule has 41 heavy (non-hydrogen) atoms. The summed E-state index contributed by atoms with van der Waals surface area (Å²) in [6, 6.07) is 13.1. The fraction of sp³-hybridized carbons (Fsp3) is 0.310. The van der Waals surface area contributed by atoms with Gasteiger partial charge in [-0.05, 0) is 67.4 Å². The number of nitrogens with zero attached hydrogens (tertiary/aromatic N) is 2. The number of ether oxygens (including phenoxy) is 2. The molecule has 2 amide bonds. The maximum atomic E-state index is 14.0. The fourth-order valence-electron chi connectivity index (χ4n) is 4.24. The SMILES string of the molecule is CCNC(=O)C(CC)N(Cc1ccc(F)cc1)C(=O)CN(c1ccc(F)cc1)S(=O)(=O)c1ccc(OC)c(OC)c1. The third-order valence-corrected chi connectivity index (χ3v) is 8.11. The van der Waals surface area contributed by atoms with Crippen molar-refractivity contribution in [2.24, 2.45) is 0 Å². The zero-order valence-corrected chi connectivity index (χ0v) is 24.1. The van der Waals surface area contributed by atoms with Crippen molar-refractivity contribution >= 4 is 27.5 Å². The molecule has 0 bridgehead atoms. The van der Waals surface area contributed by atoms with Crippen molar-refractivity contribution in [1.82, 2.24) is 10.2 Å². The van der Waals surface area contributed by atoms with Crippen LogP contribution >= 0.6 is 0 Å². The van der Waals surface area contributed by atoms with Crippen LogP contribution in [0.25, 0.3) is 0 Å². The highest BCUT2D eigenvalue weighted by molar-refractivity contribution is 7.92. The number of benzene rings is 3. The summed E-state index contributed by atoms with van der Waals surface area (Å²) in [5.41, 5.74) is 0.570. The number of amides is 2. The zero-order chi connectivity index (χ0) is 30.2. The van der Waals surface area contributed by atoms with Gasteiger partial charge in [0.2, 0.25) is 11.8 Å². The van der Waals surface area contributed by atoms with Gasteiger partial charge in [-0.2, -0.15) is 0 Å². The minimum atomic E-state index is -4.42. The molecule has 0 aliphatic heterocycles. The van der Waals surface area contributed by atoms with E-state index < -0.39 is 46.1 Å². The van der Waals surface area contributed by atoms with Gasteiger partial charge in [0.15, 0.2) is 11.5 Å². The lowest BCUT2D eigenvalue weighted by Gasteiger charge is -2.33. The molecule has 0 aliphatic carbocycles. The van der Waals surface area contributed by atoms with E-state index >= 15 is 0 Å². The molecule has 0 fully saturated rings. The van der Waals surface area contributed by atoms with Crippen molar-refractivity contribution in [3.63, 3.8) is 0 Å². The quantitative estimate of drug-likeness (QED) is 0.322. The molecular formula is C29H33F2N3O6S. The molecule has 0 radical (unpaired) electrons. The first kappa shape index (κ1) is 31.3. The minimum Gasteiger partial charge on any atom is -0.493 e. The molecule has 0 aliphatic rings. The van der Waals surface area contributed by atoms with Gasteiger partial charge >= 0.3 is 0 Å². The Morgan fingerprint density at radius 1 is 0.878 bits per heavy atom. The monoisotopic (exact) mass is 589 g/mol. The lowest BCUT2D eigenvalue weighted by Crippen LogP contribution is -2.52. The molecule has 0 aromatic heterocycles. The van der Waals surface area contributed by atoms with Crippen molar-refractivity contribution in [2.45, 2.75) is 37.8 Å². The van der Waals surface area contributed by atoms with E-state index in [1.54, 1.807) is 13.8 Å². The van der Waals surface area contributed by atoms with Crippen molar-refractivity contribution in [2.75, 3.05) is 31.6 Å². The molecule has 3 aromatic carbocycles. The highest BCUT2D eigenvalue weighted by atomic mass is 32.2. The van der Waals surface area contributed by atoms with Crippen LogP contribution in [0, 0.1) is 11.6 Å². The number of nitrogens with one attached hydrogen (secondary N) is 1. The van der Waals surface area contributed by atoms with E-state index in [2.05, 4.69) is 5.32 Å². The molecule has 0 saturated carbocycles. The smallest absolute Gasteiger partial charge is 0.264 e. The molecular weight excluding hydrogens is 556 g/mol. The van der Waals surface area contributed by atoms with Gasteiger partial charge in [0.05, 0.1) is 24.8 Å². The molecule has 0 saturated heterocycles. The largest absolute Gasteiger partial charge is 0.493 e. The Morgan fingerprint density at radius 3 is 2.00 bits per heavy atom. The fourth-order valence-corrected chi connectivity index (χ4v) is 5.67. The molecule has 220 valence electrons. The average molecular weight is 590 g/mol. The molecule has 3 rings (SSSR count). The standard InChI is InChI=1S/C29H33F2N3O6S/c1-5-25(29(36)32-6-2)33(18-20-7-9-21(30)10-8-20)28(35)19-34(23-13-11-22(31)12-14-23)41(37,38)24-15-16-26(39-3)27(17-24)40-4/h7-17,25H,5-6,18-19H2,1-4H3,(H,32,36). The van der Waals surface area contributed by atoms with Crippen LogP contribution in [0.5, 0.6) is 11.5 Å². The van der Waals surface area contributed by atoms with Gasteiger partial charge in [0.1, 0.15) is 24.2 Å². The number of hydrogen-bond donors (Lipinski definition) is 1. The lowest BCUT2D eigenvalue weighted by atomic mass is 10.1. The molecule has 12 heteroatoms. The van der Waals surface area contributed by atoms with Crippen LogP contribution in [0.3, 0.4) is 0 Å². The number of anilines is 1. The van der Waals surface area contributed by atoms with Gasteiger partial charge in [-0.25, -0.2) is 17.2 Å². The second-order valence-electron chi connectivity index (χ2n) is 8.97. The summed E-state index contributed by atoms with van der Waals surface area (Å²) in [6.07, 6.45) is 0.234. The second-order valence-corrected chi connectivity index (χ2v) is 10.8. The van der Waals surface area contributed by atoms with Gasteiger partial charge < -0.3 is 19.7 Å². The Bertz CT molecular complexity index is 1450. The van der Waals surface area contributed by atoms with E-state index in [0.29, 0.717) is 17.9 Å². The Morgan fingerprint density at radius 2 is 1.46 bits per heavy atom. The number of likely N-dealkylation sites (N-methyl/N-ethyl adjacent to an activating group) is 1. The van der Waals surface area contributed by atoms with E-state index in [9.17, 15) is 26.8 Å². The Hall–Kier alpha value is -4.19. The van der Waals surface area contributed by atoms with Crippen LogP contribution in [0.2, 0.25) is 0 Å². The first-order chi connectivity index (χ1) is 19.5. The summed E-state index contributed by atoms with van der Waals surface area (Å²) < 4.78 is 66.6. The summed E-state index contributed by atoms with van der Waals surface area (Å²) >= 11 is 0. The van der Waals surface area contributed by atoms with Crippen molar-refractivity contribution in [1.29, 1.82) is 0 Å². The van der Waals surface area contributed by atoms with Gasteiger partial charge in [-0.15, -0.1) is 0 Å². The Labute approximate surface area is 238 Å². The summed E-state index contributed by atoms with van der Waals surface area (Å²) in [5.74, 6) is -1.72. The third kappa shape index (κ3) is 7.51. The van der Waals surface area contributed by atoms with Crippen molar-refractivity contribution in [3.05, 3.63) is 83.9 Å². The summed E-state index contributed by atoms with van der Waals surface area (Å²) in [5, 5.41) is 2.71. The molecule has 1 unspecified atom stereocenters. The molecule has 1 N–H and O–H groups in total. The number of methoxy groups -OCH3 is 2. The molecule has 9 nitrogen and oxygen atoms in total. The van der Waals surface area contributed by atoms with Crippen LogP contribution < -0.4 is 19.1 Å². The molecule has 0 heterocycles. The lowest BCUT2D eigenvalue weighted by molar-refractivity contribution is -0.140. The van der Waals surface area contributed by atoms with Gasteiger partial charge in [-0.1, -0.05) is 19.1 Å². The summed E-state index contributed by atoms with van der Waals surface area (Å²) in [4.78, 5) is 27.9. The van der Waals surface area contributed by atoms with Crippen LogP contribution in [0.4, 0.5) is 14.5 Å². The first-order valence-electron chi connectivity index (χ1n) is 12.9. The minimum absolute atomic E-state index is 0.0299. The second kappa shape index (κ2) is 13.9. The van der Waals surface area contributed by atoms with Crippen molar-refractivity contribution in [3.8, 4) is 11.5 Å². The highest BCUT2D eigenvalue weighted by Gasteiger charge is 2.34. The normalized spacial score (nSPS) is 11.9. The van der Waals surface area contributed by atoms with Crippen LogP contribution in [0.15, 0.2) is 71.6 Å². The number of sulfonamides is 1. The van der Waals surface area contributed by atoms with Gasteiger partial charge in [-0.3, -0.25) is 13.9 Å². The predicted octanol–water partition coefficient (Wildman–Crippen LogP) is 4.12. The van der Waals surface area contributed by atoms with Crippen LogP contribution in [0.1, 0.15) is 25.8 Å². The highest BCUT2D eigenvalue weighted by Crippen LogP contribution is 2.32. The maximum Gasteiger partial charge on any atom is 0.264 e. The van der Waals surface area contributed by atoms with E-state index in [1.807, 2.05) is 0 Å². The number of halogens is 2. The maximum absolute atomic E-state index is 14.0. The first-order valence-corrected chi connectivity index (χ1v) is 14.3. The van der Waals surface area contributed by atoms with Gasteiger partial charge in [0, 0.05) is 19.2 Å².